The van der Waals surface area contributed by atoms with Gasteiger partial charge in [-0.05, 0) is 67.1 Å². The molecule has 26 heavy (non-hydrogen) atoms. The average Bonchev–Trinajstić information content (AvgIpc) is 2.95. The molecule has 6 heteroatoms. The average molecular weight is 373 g/mol. The van der Waals surface area contributed by atoms with Gasteiger partial charge in [-0.15, -0.1) is 0 Å². The van der Waals surface area contributed by atoms with E-state index < -0.39 is 5.97 Å². The standard InChI is InChI=1S/C20H23NO4S/c1-13-8-17(24-3)9-14(2)20(13)26-21-16(11-25-12-19(22)23)10-15-6-4-5-7-18(15)21/h4-9,16H,10-12H2,1-3H3,(H,22,23). The predicted molar refractivity (Wildman–Crippen MR) is 103 cm³/mol. The lowest BCUT2D eigenvalue weighted by Gasteiger charge is -2.27. The van der Waals surface area contributed by atoms with Crippen molar-refractivity contribution in [2.45, 2.75) is 31.2 Å². The van der Waals surface area contributed by atoms with Crippen LogP contribution >= 0.6 is 11.9 Å². The van der Waals surface area contributed by atoms with Gasteiger partial charge in [0, 0.05) is 4.90 Å². The summed E-state index contributed by atoms with van der Waals surface area (Å²) in [6.45, 7) is 4.26. The zero-order valence-corrected chi connectivity index (χ0v) is 16.0. The van der Waals surface area contributed by atoms with Crippen molar-refractivity contribution in [3.8, 4) is 5.75 Å². The molecule has 0 saturated heterocycles. The lowest BCUT2D eigenvalue weighted by atomic mass is 10.1. The van der Waals surface area contributed by atoms with Crippen molar-refractivity contribution in [2.75, 3.05) is 24.6 Å². The SMILES string of the molecule is COc1cc(C)c(SN2c3ccccc3CC2COCC(=O)O)c(C)c1. The number of carbonyl (C=O) groups is 1. The first-order chi connectivity index (χ1) is 12.5. The van der Waals surface area contributed by atoms with Crippen molar-refractivity contribution in [3.63, 3.8) is 0 Å². The third kappa shape index (κ3) is 3.97. The van der Waals surface area contributed by atoms with E-state index >= 15 is 0 Å². The van der Waals surface area contributed by atoms with Gasteiger partial charge in [0.2, 0.25) is 0 Å². The number of carboxylic acids is 1. The summed E-state index contributed by atoms with van der Waals surface area (Å²) < 4.78 is 13.0. The van der Waals surface area contributed by atoms with Crippen molar-refractivity contribution in [2.24, 2.45) is 0 Å². The largest absolute Gasteiger partial charge is 0.497 e. The van der Waals surface area contributed by atoms with Gasteiger partial charge in [-0.25, -0.2) is 4.79 Å². The maximum atomic E-state index is 10.8. The minimum Gasteiger partial charge on any atom is -0.497 e. The molecular weight excluding hydrogens is 350 g/mol. The van der Waals surface area contributed by atoms with Gasteiger partial charge in [-0.1, -0.05) is 18.2 Å². The van der Waals surface area contributed by atoms with Crippen LogP contribution in [0.2, 0.25) is 0 Å². The zero-order valence-electron chi connectivity index (χ0n) is 15.2. The number of fused-ring (bicyclic) bond motifs is 1. The van der Waals surface area contributed by atoms with E-state index in [9.17, 15) is 4.79 Å². The molecule has 3 rings (SSSR count). The predicted octanol–water partition coefficient (Wildman–Crippen LogP) is 3.85. The van der Waals surface area contributed by atoms with E-state index in [2.05, 4.69) is 30.3 Å². The minimum atomic E-state index is -0.943. The number of para-hydroxylation sites is 1. The van der Waals surface area contributed by atoms with Crippen LogP contribution in [0.1, 0.15) is 16.7 Å². The zero-order chi connectivity index (χ0) is 18.7. The summed E-state index contributed by atoms with van der Waals surface area (Å²) in [7, 11) is 1.67. The van der Waals surface area contributed by atoms with E-state index in [1.165, 1.54) is 10.5 Å². The van der Waals surface area contributed by atoms with Gasteiger partial charge in [-0.2, -0.15) is 0 Å². The van der Waals surface area contributed by atoms with E-state index in [4.69, 9.17) is 14.6 Å². The molecule has 138 valence electrons. The van der Waals surface area contributed by atoms with Crippen LogP contribution in [0.15, 0.2) is 41.3 Å². The third-order valence-electron chi connectivity index (χ3n) is 4.41. The minimum absolute atomic E-state index is 0.0950. The van der Waals surface area contributed by atoms with Crippen LogP contribution in [0.5, 0.6) is 5.75 Å². The molecule has 1 N–H and O–H groups in total. The maximum Gasteiger partial charge on any atom is 0.329 e. The molecule has 0 aliphatic carbocycles. The van der Waals surface area contributed by atoms with Gasteiger partial charge >= 0.3 is 5.97 Å². The lowest BCUT2D eigenvalue weighted by molar-refractivity contribution is -0.142. The second-order valence-corrected chi connectivity index (χ2v) is 7.39. The molecule has 1 unspecified atom stereocenters. The van der Waals surface area contributed by atoms with Crippen molar-refractivity contribution in [3.05, 3.63) is 53.1 Å². The van der Waals surface area contributed by atoms with Gasteiger partial charge in [-0.3, -0.25) is 0 Å². The Morgan fingerprint density at radius 1 is 1.27 bits per heavy atom. The number of aliphatic carboxylic acids is 1. The number of rotatable bonds is 7. The van der Waals surface area contributed by atoms with Crippen LogP contribution in [0, 0.1) is 13.8 Å². The molecule has 1 aliphatic heterocycles. The number of carboxylic acid groups (broad SMARTS) is 1. The molecule has 1 aliphatic rings. The van der Waals surface area contributed by atoms with Crippen molar-refractivity contribution in [1.82, 2.24) is 0 Å². The Morgan fingerprint density at radius 3 is 2.62 bits per heavy atom. The summed E-state index contributed by atoms with van der Waals surface area (Å²) in [6, 6.07) is 12.5. The number of aryl methyl sites for hydroxylation is 2. The molecule has 2 aromatic rings. The highest BCUT2D eigenvalue weighted by Crippen LogP contribution is 2.42. The van der Waals surface area contributed by atoms with Crippen LogP contribution in [-0.4, -0.2) is 37.4 Å². The van der Waals surface area contributed by atoms with E-state index in [-0.39, 0.29) is 12.6 Å². The Bertz CT molecular complexity index is 785. The first-order valence-electron chi connectivity index (χ1n) is 8.49. The number of hydrogen-bond acceptors (Lipinski definition) is 5. The molecule has 5 nitrogen and oxygen atoms in total. The monoisotopic (exact) mass is 373 g/mol. The fourth-order valence-corrected chi connectivity index (χ4v) is 4.40. The normalized spacial score (nSPS) is 15.8. The Hall–Kier alpha value is -2.18. The first kappa shape index (κ1) is 18.6. The van der Waals surface area contributed by atoms with Crippen LogP contribution in [-0.2, 0) is 16.0 Å². The summed E-state index contributed by atoms with van der Waals surface area (Å²) in [5.74, 6) is -0.0888. The summed E-state index contributed by atoms with van der Waals surface area (Å²) >= 11 is 1.68. The number of anilines is 1. The molecule has 0 bridgehead atoms. The lowest BCUT2D eigenvalue weighted by Crippen LogP contribution is -2.31. The molecule has 0 fully saturated rings. The fraction of sp³-hybridized carbons (Fsp3) is 0.350. The Labute approximate surface area is 158 Å². The molecule has 0 saturated carbocycles. The van der Waals surface area contributed by atoms with Gasteiger partial charge in [0.05, 0.1) is 25.4 Å². The van der Waals surface area contributed by atoms with Gasteiger partial charge in [0.25, 0.3) is 0 Å². The maximum absolute atomic E-state index is 10.8. The van der Waals surface area contributed by atoms with Gasteiger partial charge in [0.1, 0.15) is 12.4 Å². The van der Waals surface area contributed by atoms with Gasteiger partial charge in [0.15, 0.2) is 0 Å². The molecular formula is C20H23NO4S. The second-order valence-electron chi connectivity index (χ2n) is 6.40. The number of hydrogen-bond donors (Lipinski definition) is 1. The van der Waals surface area contributed by atoms with Crippen molar-refractivity contribution in [1.29, 1.82) is 0 Å². The molecule has 2 aromatic carbocycles. The van der Waals surface area contributed by atoms with Gasteiger partial charge < -0.3 is 18.9 Å². The number of ether oxygens (including phenoxy) is 2. The van der Waals surface area contributed by atoms with E-state index in [1.807, 2.05) is 24.3 Å². The van der Waals surface area contributed by atoms with Crippen LogP contribution in [0.25, 0.3) is 0 Å². The highest BCUT2D eigenvalue weighted by molar-refractivity contribution is 8.00. The highest BCUT2D eigenvalue weighted by atomic mass is 32.2. The summed E-state index contributed by atoms with van der Waals surface area (Å²) in [4.78, 5) is 11.9. The van der Waals surface area contributed by atoms with E-state index in [0.717, 1.165) is 29.0 Å². The smallest absolute Gasteiger partial charge is 0.329 e. The number of methoxy groups -OCH3 is 1. The van der Waals surface area contributed by atoms with Crippen LogP contribution in [0.3, 0.4) is 0 Å². The molecule has 1 atom stereocenters. The topological polar surface area (TPSA) is 59.0 Å². The summed E-state index contributed by atoms with van der Waals surface area (Å²) in [5.41, 5.74) is 4.73. The van der Waals surface area contributed by atoms with E-state index in [0.29, 0.717) is 6.61 Å². The number of nitrogens with zero attached hydrogens (tertiary/aromatic N) is 1. The van der Waals surface area contributed by atoms with Crippen LogP contribution in [0.4, 0.5) is 5.69 Å². The summed E-state index contributed by atoms with van der Waals surface area (Å²) in [6.07, 6.45) is 0.844. The molecule has 0 amide bonds. The van der Waals surface area contributed by atoms with Crippen LogP contribution < -0.4 is 9.04 Å². The third-order valence-corrected chi connectivity index (χ3v) is 5.93. The summed E-state index contributed by atoms with van der Waals surface area (Å²) in [5, 5.41) is 8.83. The van der Waals surface area contributed by atoms with Crippen molar-refractivity contribution < 1.29 is 19.4 Å². The Balaban J connectivity index is 1.86. The molecule has 0 radical (unpaired) electrons. The quantitative estimate of drug-likeness (QED) is 0.744. The molecule has 0 spiro atoms. The Morgan fingerprint density at radius 2 is 1.96 bits per heavy atom. The molecule has 1 heterocycles. The highest BCUT2D eigenvalue weighted by Gasteiger charge is 2.31. The fourth-order valence-electron chi connectivity index (χ4n) is 3.24. The van der Waals surface area contributed by atoms with Crippen molar-refractivity contribution >= 4 is 23.6 Å². The second kappa shape index (κ2) is 8.01. The number of benzene rings is 2. The molecule has 0 aromatic heterocycles. The Kier molecular flexibility index (Phi) is 5.74. The first-order valence-corrected chi connectivity index (χ1v) is 9.27. The van der Waals surface area contributed by atoms with E-state index in [1.54, 1.807) is 19.1 Å².